The normalized spacial score (nSPS) is 11.7. The summed E-state index contributed by atoms with van der Waals surface area (Å²) in [6, 6.07) is 8.78. The van der Waals surface area contributed by atoms with Crippen molar-refractivity contribution in [3.05, 3.63) is 50.8 Å². The molecule has 1 aromatic heterocycles. The summed E-state index contributed by atoms with van der Waals surface area (Å²) in [6.07, 6.45) is 0. The minimum Gasteiger partial charge on any atom is -0.206 e. The average molecular weight is 367 g/mol. The number of benzene rings is 1. The van der Waals surface area contributed by atoms with E-state index in [9.17, 15) is 8.42 Å². The maximum atomic E-state index is 12.0. The molecule has 0 fully saturated rings. The fourth-order valence-corrected chi connectivity index (χ4v) is 4.97. The highest BCUT2D eigenvalue weighted by Crippen LogP contribution is 2.27. The third kappa shape index (κ3) is 3.33. The Bertz CT molecular complexity index is 655. The Hall–Kier alpha value is -0.400. The zero-order chi connectivity index (χ0) is 13.2. The highest BCUT2D eigenvalue weighted by Gasteiger charge is 2.18. The third-order valence-electron chi connectivity index (χ3n) is 2.18. The second-order valence-electron chi connectivity index (χ2n) is 3.51. The summed E-state index contributed by atoms with van der Waals surface area (Å²) in [5.41, 5.74) is 0.818. The van der Waals surface area contributed by atoms with Crippen molar-refractivity contribution in [1.82, 2.24) is 4.72 Å². The Balaban J connectivity index is 2.13. The van der Waals surface area contributed by atoms with Crippen LogP contribution in [-0.4, -0.2) is 8.42 Å². The van der Waals surface area contributed by atoms with Crippen LogP contribution in [0, 0.1) is 0 Å². The van der Waals surface area contributed by atoms with Crippen LogP contribution in [0.4, 0.5) is 0 Å². The first-order valence-corrected chi connectivity index (χ1v) is 8.49. The molecule has 96 valence electrons. The predicted molar refractivity (Wildman–Crippen MR) is 77.5 cm³/mol. The van der Waals surface area contributed by atoms with Crippen molar-refractivity contribution in [2.75, 3.05) is 0 Å². The quantitative estimate of drug-likeness (QED) is 0.898. The smallest absolute Gasteiger partial charge is 0.206 e. The number of halogens is 2. The Morgan fingerprint density at radius 1 is 1.33 bits per heavy atom. The van der Waals surface area contributed by atoms with Crippen molar-refractivity contribution in [3.63, 3.8) is 0 Å². The van der Waals surface area contributed by atoms with Crippen molar-refractivity contribution in [3.8, 4) is 0 Å². The van der Waals surface area contributed by atoms with E-state index in [1.54, 1.807) is 29.6 Å². The van der Waals surface area contributed by atoms with Crippen LogP contribution < -0.4 is 4.72 Å². The third-order valence-corrected chi connectivity index (χ3v) is 6.49. The molecule has 3 nitrogen and oxygen atoms in total. The first-order chi connectivity index (χ1) is 8.49. The second-order valence-corrected chi connectivity index (χ2v) is 7.68. The van der Waals surface area contributed by atoms with Gasteiger partial charge in [-0.15, -0.1) is 11.3 Å². The Kier molecular flexibility index (Phi) is 4.45. The van der Waals surface area contributed by atoms with Crippen LogP contribution in [0.3, 0.4) is 0 Å². The van der Waals surface area contributed by atoms with Gasteiger partial charge in [0, 0.05) is 16.0 Å². The van der Waals surface area contributed by atoms with Gasteiger partial charge in [-0.05, 0) is 45.1 Å². The van der Waals surface area contributed by atoms with Gasteiger partial charge in [-0.25, -0.2) is 13.1 Å². The van der Waals surface area contributed by atoms with Crippen molar-refractivity contribution in [2.24, 2.45) is 0 Å². The highest BCUT2D eigenvalue weighted by atomic mass is 79.9. The van der Waals surface area contributed by atoms with Crippen LogP contribution in [0.1, 0.15) is 5.56 Å². The first-order valence-electron chi connectivity index (χ1n) is 4.96. The molecule has 0 aliphatic rings. The molecule has 0 unspecified atom stereocenters. The van der Waals surface area contributed by atoms with Gasteiger partial charge >= 0.3 is 0 Å². The van der Waals surface area contributed by atoms with Gasteiger partial charge in [0.25, 0.3) is 10.0 Å². The lowest BCUT2D eigenvalue weighted by atomic mass is 10.2. The molecule has 2 aromatic rings. The molecule has 18 heavy (non-hydrogen) atoms. The monoisotopic (exact) mass is 365 g/mol. The molecule has 0 spiro atoms. The molecular weight excluding hydrogens is 358 g/mol. The lowest BCUT2D eigenvalue weighted by Gasteiger charge is -2.05. The van der Waals surface area contributed by atoms with Gasteiger partial charge in [0.15, 0.2) is 0 Å². The van der Waals surface area contributed by atoms with E-state index in [1.807, 2.05) is 6.07 Å². The van der Waals surface area contributed by atoms with E-state index in [-0.39, 0.29) is 10.8 Å². The fraction of sp³-hybridized carbons (Fsp3) is 0.0909. The minimum absolute atomic E-state index is 0.216. The summed E-state index contributed by atoms with van der Waals surface area (Å²) in [5, 5.41) is 2.31. The van der Waals surface area contributed by atoms with Crippen LogP contribution in [-0.2, 0) is 16.6 Å². The molecule has 1 N–H and O–H groups in total. The van der Waals surface area contributed by atoms with E-state index in [0.29, 0.717) is 9.50 Å². The van der Waals surface area contributed by atoms with Gasteiger partial charge in [0.1, 0.15) is 4.21 Å². The van der Waals surface area contributed by atoms with E-state index in [1.165, 1.54) is 11.3 Å². The number of nitrogens with one attached hydrogen (secondary N) is 1. The van der Waals surface area contributed by atoms with Crippen molar-refractivity contribution >= 4 is 48.9 Å². The van der Waals surface area contributed by atoms with Crippen LogP contribution in [0.5, 0.6) is 0 Å². The van der Waals surface area contributed by atoms with Crippen LogP contribution in [0.2, 0.25) is 5.02 Å². The summed E-state index contributed by atoms with van der Waals surface area (Å²) in [4.78, 5) is 0. The van der Waals surface area contributed by atoms with Crippen molar-refractivity contribution in [1.29, 1.82) is 0 Å². The summed E-state index contributed by atoms with van der Waals surface area (Å²) in [5.74, 6) is 0. The molecule has 7 heteroatoms. The standard InChI is InChI=1S/C11H9BrClNO2S2/c12-10-4-5-17-11(10)18(15,16)14-7-8-2-1-3-9(13)6-8/h1-6,14H,7H2. The molecule has 1 heterocycles. The van der Waals surface area contributed by atoms with E-state index in [2.05, 4.69) is 20.7 Å². The molecular formula is C11H9BrClNO2S2. The summed E-state index contributed by atoms with van der Waals surface area (Å²) >= 11 is 10.2. The van der Waals surface area contributed by atoms with Gasteiger partial charge in [0.2, 0.25) is 0 Å². The van der Waals surface area contributed by atoms with Crippen molar-refractivity contribution in [2.45, 2.75) is 10.8 Å². The first kappa shape index (κ1) is 14.0. The number of rotatable bonds is 4. The highest BCUT2D eigenvalue weighted by molar-refractivity contribution is 9.10. The number of sulfonamides is 1. The van der Waals surface area contributed by atoms with Gasteiger partial charge in [-0.3, -0.25) is 0 Å². The van der Waals surface area contributed by atoms with E-state index in [4.69, 9.17) is 11.6 Å². The number of hydrogen-bond donors (Lipinski definition) is 1. The summed E-state index contributed by atoms with van der Waals surface area (Å²) in [7, 11) is -3.48. The number of thiophene rings is 1. The van der Waals surface area contributed by atoms with E-state index in [0.717, 1.165) is 5.56 Å². The molecule has 0 aliphatic heterocycles. The van der Waals surface area contributed by atoms with Gasteiger partial charge < -0.3 is 0 Å². The molecule has 1 aromatic carbocycles. The summed E-state index contributed by atoms with van der Waals surface area (Å²) < 4.78 is 27.4. The van der Waals surface area contributed by atoms with Gasteiger partial charge in [-0.1, -0.05) is 23.7 Å². The van der Waals surface area contributed by atoms with Gasteiger partial charge in [0.05, 0.1) is 0 Å². The Morgan fingerprint density at radius 2 is 2.11 bits per heavy atom. The summed E-state index contributed by atoms with van der Waals surface area (Å²) in [6.45, 7) is 0.216. The lowest BCUT2D eigenvalue weighted by molar-refractivity contribution is 0.583. The van der Waals surface area contributed by atoms with Crippen LogP contribution in [0.15, 0.2) is 44.4 Å². The largest absolute Gasteiger partial charge is 0.251 e. The van der Waals surface area contributed by atoms with Crippen molar-refractivity contribution < 1.29 is 8.42 Å². The van der Waals surface area contributed by atoms with E-state index < -0.39 is 10.0 Å². The lowest BCUT2D eigenvalue weighted by Crippen LogP contribution is -2.22. The van der Waals surface area contributed by atoms with Crippen LogP contribution >= 0.6 is 38.9 Å². The topological polar surface area (TPSA) is 46.2 Å². The molecule has 0 bridgehead atoms. The maximum Gasteiger partial charge on any atom is 0.251 e. The maximum absolute atomic E-state index is 12.0. The predicted octanol–water partition coefficient (Wildman–Crippen LogP) is 3.64. The number of hydrogen-bond acceptors (Lipinski definition) is 3. The fourth-order valence-electron chi connectivity index (χ4n) is 1.36. The molecule has 0 amide bonds. The minimum atomic E-state index is -3.48. The Labute approximate surface area is 123 Å². The molecule has 2 rings (SSSR count). The molecule has 0 aliphatic carbocycles. The SMILES string of the molecule is O=S(=O)(NCc1cccc(Cl)c1)c1sccc1Br. The molecule has 0 atom stereocenters. The second kappa shape index (κ2) is 5.71. The zero-order valence-electron chi connectivity index (χ0n) is 9.06. The average Bonchev–Trinajstić information content (AvgIpc) is 2.74. The molecule has 0 saturated carbocycles. The molecule has 0 radical (unpaired) electrons. The molecule has 0 saturated heterocycles. The van der Waals surface area contributed by atoms with Crippen LogP contribution in [0.25, 0.3) is 0 Å². The Morgan fingerprint density at radius 3 is 2.72 bits per heavy atom. The van der Waals surface area contributed by atoms with Gasteiger partial charge in [-0.2, -0.15) is 0 Å². The zero-order valence-corrected chi connectivity index (χ0v) is 13.0. The van der Waals surface area contributed by atoms with E-state index >= 15 is 0 Å².